The third kappa shape index (κ3) is 5.64. The van der Waals surface area contributed by atoms with E-state index in [9.17, 15) is 4.79 Å². The van der Waals surface area contributed by atoms with Gasteiger partial charge < -0.3 is 19.7 Å². The molecular weight excluding hydrogens is 292 g/mol. The van der Waals surface area contributed by atoms with E-state index in [-0.39, 0.29) is 11.5 Å². The van der Waals surface area contributed by atoms with Crippen LogP contribution in [0.5, 0.6) is 0 Å². The van der Waals surface area contributed by atoms with E-state index in [4.69, 9.17) is 9.47 Å². The topological polar surface area (TPSA) is 50.8 Å². The molecule has 2 saturated heterocycles. The molecule has 0 bridgehead atoms. The van der Waals surface area contributed by atoms with Crippen LogP contribution in [0.2, 0.25) is 0 Å². The molecule has 1 amide bonds. The first kappa shape index (κ1) is 18.5. The zero-order valence-electron chi connectivity index (χ0n) is 15.5. The minimum Gasteiger partial charge on any atom is -0.444 e. The average molecular weight is 326 g/mol. The van der Waals surface area contributed by atoms with Gasteiger partial charge in [0.15, 0.2) is 0 Å². The summed E-state index contributed by atoms with van der Waals surface area (Å²) >= 11 is 0. The molecule has 5 nitrogen and oxygen atoms in total. The molecule has 2 heterocycles. The Labute approximate surface area is 141 Å². The number of rotatable bonds is 4. The van der Waals surface area contributed by atoms with E-state index < -0.39 is 5.60 Å². The molecule has 0 radical (unpaired) electrons. The van der Waals surface area contributed by atoms with Crippen molar-refractivity contribution in [1.29, 1.82) is 0 Å². The molecule has 0 aromatic rings. The lowest BCUT2D eigenvalue weighted by atomic mass is 9.79. The van der Waals surface area contributed by atoms with E-state index in [1.807, 2.05) is 25.7 Å². The third-order valence-corrected chi connectivity index (χ3v) is 4.76. The Balaban J connectivity index is 1.78. The molecule has 134 valence electrons. The predicted molar refractivity (Wildman–Crippen MR) is 91.6 cm³/mol. The number of nitrogens with one attached hydrogen (secondary N) is 1. The smallest absolute Gasteiger partial charge is 0.410 e. The van der Waals surface area contributed by atoms with Crippen LogP contribution in [0.3, 0.4) is 0 Å². The minimum atomic E-state index is -0.433. The zero-order valence-corrected chi connectivity index (χ0v) is 15.5. The first-order chi connectivity index (χ1) is 10.7. The van der Waals surface area contributed by atoms with Crippen molar-refractivity contribution in [2.45, 2.75) is 78.0 Å². The number of ether oxygens (including phenoxy) is 2. The molecule has 23 heavy (non-hydrogen) atoms. The number of likely N-dealkylation sites (tertiary alicyclic amines) is 1. The number of hydrogen-bond donors (Lipinski definition) is 1. The van der Waals surface area contributed by atoms with Crippen LogP contribution in [0.25, 0.3) is 0 Å². The molecule has 2 aliphatic heterocycles. The molecule has 0 saturated carbocycles. The Morgan fingerprint density at radius 3 is 2.65 bits per heavy atom. The molecule has 0 spiro atoms. The van der Waals surface area contributed by atoms with E-state index in [0.29, 0.717) is 12.1 Å². The van der Waals surface area contributed by atoms with E-state index >= 15 is 0 Å². The Morgan fingerprint density at radius 2 is 2.09 bits per heavy atom. The van der Waals surface area contributed by atoms with Gasteiger partial charge in [0.2, 0.25) is 0 Å². The van der Waals surface area contributed by atoms with Crippen LogP contribution >= 0.6 is 0 Å². The van der Waals surface area contributed by atoms with Gasteiger partial charge in [0, 0.05) is 25.7 Å². The molecule has 2 fully saturated rings. The first-order valence-corrected chi connectivity index (χ1v) is 9.00. The lowest BCUT2D eigenvalue weighted by Gasteiger charge is -2.44. The second-order valence-corrected chi connectivity index (χ2v) is 8.61. The third-order valence-electron chi connectivity index (χ3n) is 4.76. The molecule has 2 aliphatic rings. The van der Waals surface area contributed by atoms with Crippen molar-refractivity contribution in [1.82, 2.24) is 10.2 Å². The maximum atomic E-state index is 12.3. The summed E-state index contributed by atoms with van der Waals surface area (Å²) in [5.74, 6) is 0. The molecule has 5 heteroatoms. The highest BCUT2D eigenvalue weighted by Gasteiger charge is 2.38. The lowest BCUT2D eigenvalue weighted by molar-refractivity contribution is 0.00189. The Kier molecular flexibility index (Phi) is 5.95. The number of carbonyl (C=O) groups excluding carboxylic acids is 1. The zero-order chi connectivity index (χ0) is 17.1. The van der Waals surface area contributed by atoms with Gasteiger partial charge in [0.25, 0.3) is 0 Å². The van der Waals surface area contributed by atoms with Crippen molar-refractivity contribution in [3.05, 3.63) is 0 Å². The SMILES string of the molecule is CC(C)(C)OC(=O)N1CC[C@H](NCC[C@@H]2CCCO2)C(C)(C)C1. The van der Waals surface area contributed by atoms with Gasteiger partial charge in [-0.25, -0.2) is 4.79 Å². The number of piperidine rings is 1. The van der Waals surface area contributed by atoms with Crippen molar-refractivity contribution >= 4 is 6.09 Å². The standard InChI is InChI=1S/C18H34N2O3/c1-17(2,3)23-16(21)20-11-9-15(18(4,5)13-20)19-10-8-14-7-6-12-22-14/h14-15,19H,6-13H2,1-5H3/t14-,15-/m0/s1. The van der Waals surface area contributed by atoms with Gasteiger partial charge >= 0.3 is 6.09 Å². The fourth-order valence-corrected chi connectivity index (χ4v) is 3.51. The van der Waals surface area contributed by atoms with Crippen molar-refractivity contribution in [3.63, 3.8) is 0 Å². The van der Waals surface area contributed by atoms with E-state index in [1.54, 1.807) is 0 Å². The van der Waals surface area contributed by atoms with E-state index in [2.05, 4.69) is 19.2 Å². The van der Waals surface area contributed by atoms with Crippen molar-refractivity contribution in [2.75, 3.05) is 26.2 Å². The van der Waals surface area contributed by atoms with Crippen LogP contribution in [0.15, 0.2) is 0 Å². The monoisotopic (exact) mass is 326 g/mol. The number of carbonyl (C=O) groups is 1. The summed E-state index contributed by atoms with van der Waals surface area (Å²) in [6, 6.07) is 0.433. The summed E-state index contributed by atoms with van der Waals surface area (Å²) in [6.45, 7) is 13.6. The van der Waals surface area contributed by atoms with Crippen LogP contribution in [-0.4, -0.2) is 55.0 Å². The first-order valence-electron chi connectivity index (χ1n) is 9.00. The summed E-state index contributed by atoms with van der Waals surface area (Å²) in [5.41, 5.74) is -0.386. The maximum absolute atomic E-state index is 12.3. The van der Waals surface area contributed by atoms with Crippen molar-refractivity contribution < 1.29 is 14.3 Å². The number of hydrogen-bond acceptors (Lipinski definition) is 4. The normalized spacial score (nSPS) is 28.0. The van der Waals surface area contributed by atoms with Crippen LogP contribution in [0.1, 0.15) is 60.3 Å². The molecule has 2 rings (SSSR count). The van der Waals surface area contributed by atoms with Crippen LogP contribution in [0.4, 0.5) is 4.79 Å². The van der Waals surface area contributed by atoms with Gasteiger partial charge in [0.1, 0.15) is 5.60 Å². The highest BCUT2D eigenvalue weighted by molar-refractivity contribution is 5.68. The quantitative estimate of drug-likeness (QED) is 0.862. The molecular formula is C18H34N2O3. The highest BCUT2D eigenvalue weighted by Crippen LogP contribution is 2.30. The second kappa shape index (κ2) is 7.39. The van der Waals surface area contributed by atoms with Crippen LogP contribution in [0, 0.1) is 5.41 Å². The van der Waals surface area contributed by atoms with Crippen LogP contribution in [-0.2, 0) is 9.47 Å². The minimum absolute atomic E-state index is 0.0473. The van der Waals surface area contributed by atoms with Crippen LogP contribution < -0.4 is 5.32 Å². The second-order valence-electron chi connectivity index (χ2n) is 8.61. The van der Waals surface area contributed by atoms with Gasteiger partial charge in [-0.2, -0.15) is 0 Å². The summed E-state index contributed by atoms with van der Waals surface area (Å²) in [7, 11) is 0. The van der Waals surface area contributed by atoms with E-state index in [1.165, 1.54) is 12.8 Å². The molecule has 0 unspecified atom stereocenters. The van der Waals surface area contributed by atoms with Gasteiger partial charge in [-0.05, 0) is 58.4 Å². The molecule has 1 N–H and O–H groups in total. The van der Waals surface area contributed by atoms with E-state index in [0.717, 1.165) is 39.1 Å². The Bertz CT molecular complexity index is 398. The van der Waals surface area contributed by atoms with Gasteiger partial charge in [-0.1, -0.05) is 13.8 Å². The lowest BCUT2D eigenvalue weighted by Crippen LogP contribution is -2.56. The fourth-order valence-electron chi connectivity index (χ4n) is 3.51. The number of nitrogens with zero attached hydrogens (tertiary/aromatic N) is 1. The average Bonchev–Trinajstić information content (AvgIpc) is 2.91. The molecule has 2 atom stereocenters. The van der Waals surface area contributed by atoms with Gasteiger partial charge in [-0.3, -0.25) is 0 Å². The Hall–Kier alpha value is -0.810. The Morgan fingerprint density at radius 1 is 1.35 bits per heavy atom. The summed E-state index contributed by atoms with van der Waals surface area (Å²) < 4.78 is 11.2. The molecule has 0 aliphatic carbocycles. The van der Waals surface area contributed by atoms with Crippen molar-refractivity contribution in [3.8, 4) is 0 Å². The molecule has 0 aromatic carbocycles. The number of amides is 1. The summed E-state index contributed by atoms with van der Waals surface area (Å²) in [4.78, 5) is 14.1. The fraction of sp³-hybridized carbons (Fsp3) is 0.944. The summed E-state index contributed by atoms with van der Waals surface area (Å²) in [6.07, 6.45) is 4.70. The van der Waals surface area contributed by atoms with Crippen molar-refractivity contribution in [2.24, 2.45) is 5.41 Å². The predicted octanol–water partition coefficient (Wildman–Crippen LogP) is 3.18. The largest absolute Gasteiger partial charge is 0.444 e. The maximum Gasteiger partial charge on any atom is 0.410 e. The summed E-state index contributed by atoms with van der Waals surface area (Å²) in [5, 5.41) is 3.69. The highest BCUT2D eigenvalue weighted by atomic mass is 16.6. The molecule has 0 aromatic heterocycles. The van der Waals surface area contributed by atoms with Gasteiger partial charge in [-0.15, -0.1) is 0 Å². The van der Waals surface area contributed by atoms with Gasteiger partial charge in [0.05, 0.1) is 6.10 Å².